The molecular weight excluding hydrogens is 600 g/mol. The molecule has 8 nitrogen and oxygen atoms in total. The van der Waals surface area contributed by atoms with E-state index in [4.69, 9.17) is 9.72 Å². The van der Waals surface area contributed by atoms with E-state index in [1.807, 2.05) is 53.4 Å². The van der Waals surface area contributed by atoms with Crippen LogP contribution >= 0.6 is 0 Å². The van der Waals surface area contributed by atoms with Gasteiger partial charge >= 0.3 is 0 Å². The molecule has 1 aromatic heterocycles. The van der Waals surface area contributed by atoms with Crippen molar-refractivity contribution in [2.75, 3.05) is 44.3 Å². The van der Waals surface area contributed by atoms with Crippen molar-refractivity contribution in [3.8, 4) is 22.3 Å². The Hall–Kier alpha value is -5.44. The number of pyridine rings is 1. The first-order valence-electron chi connectivity index (χ1n) is 16.3. The lowest BCUT2D eigenvalue weighted by Gasteiger charge is -2.42. The van der Waals surface area contributed by atoms with Gasteiger partial charge in [0.1, 0.15) is 0 Å². The summed E-state index contributed by atoms with van der Waals surface area (Å²) in [6, 6.07) is 33.7. The number of ketones is 1. The van der Waals surface area contributed by atoms with Crippen LogP contribution in [0.3, 0.4) is 0 Å². The highest BCUT2D eigenvalue weighted by Gasteiger charge is 2.35. The minimum Gasteiger partial charge on any atom is -0.378 e. The molecule has 3 aliphatic rings. The molecule has 2 saturated heterocycles. The van der Waals surface area contributed by atoms with E-state index in [-0.39, 0.29) is 23.3 Å². The molecule has 0 atom stereocenters. The Balaban J connectivity index is 1.19. The van der Waals surface area contributed by atoms with Gasteiger partial charge in [-0.1, -0.05) is 66.7 Å². The number of anilines is 1. The predicted molar refractivity (Wildman–Crippen MR) is 187 cm³/mol. The normalized spacial score (nSPS) is 17.5. The maximum Gasteiger partial charge on any atom is 0.253 e. The van der Waals surface area contributed by atoms with Crippen molar-refractivity contribution in [1.29, 1.82) is 0 Å². The second-order valence-electron chi connectivity index (χ2n) is 12.5. The number of piperazine rings is 1. The third kappa shape index (κ3) is 5.39. The molecule has 8 rings (SSSR count). The van der Waals surface area contributed by atoms with E-state index in [2.05, 4.69) is 41.3 Å². The minimum atomic E-state index is -0.248. The number of nitrogens with zero attached hydrogens (tertiary/aromatic N) is 4. The van der Waals surface area contributed by atoms with E-state index < -0.39 is 0 Å². The molecule has 0 bridgehead atoms. The molecule has 0 unspecified atom stereocenters. The van der Waals surface area contributed by atoms with Gasteiger partial charge in [0.15, 0.2) is 0 Å². The summed E-state index contributed by atoms with van der Waals surface area (Å²) >= 11 is 0. The fraction of sp³-hybridized carbons (Fsp3) is 0.200. The van der Waals surface area contributed by atoms with Crippen LogP contribution < -0.4 is 4.90 Å². The third-order valence-electron chi connectivity index (χ3n) is 9.58. The summed E-state index contributed by atoms with van der Waals surface area (Å²) in [6.45, 7) is 6.03. The number of aromatic nitrogens is 1. The third-order valence-corrected chi connectivity index (χ3v) is 9.58. The Morgan fingerprint density at radius 1 is 0.771 bits per heavy atom. The number of carbonyl (C=O) groups is 3. The van der Waals surface area contributed by atoms with Crippen molar-refractivity contribution in [3.63, 3.8) is 0 Å². The van der Waals surface area contributed by atoms with Gasteiger partial charge in [-0.2, -0.15) is 0 Å². The number of carbonyl (C=O) groups excluding carboxylic acids is 3. The lowest BCUT2D eigenvalue weighted by atomic mass is 9.96. The van der Waals surface area contributed by atoms with Crippen molar-refractivity contribution < 1.29 is 19.1 Å². The van der Waals surface area contributed by atoms with Gasteiger partial charge in [-0.3, -0.25) is 24.2 Å². The van der Waals surface area contributed by atoms with Crippen molar-refractivity contribution in [2.45, 2.75) is 13.0 Å². The van der Waals surface area contributed by atoms with Gasteiger partial charge in [0, 0.05) is 49.6 Å². The van der Waals surface area contributed by atoms with Gasteiger partial charge in [0.05, 0.1) is 41.9 Å². The van der Waals surface area contributed by atoms with E-state index in [9.17, 15) is 14.4 Å². The van der Waals surface area contributed by atoms with E-state index >= 15 is 0 Å². The molecule has 4 aromatic carbocycles. The van der Waals surface area contributed by atoms with Gasteiger partial charge in [0.25, 0.3) is 5.91 Å². The standard InChI is InChI=1S/C40H34N4O4/c1-26(45)44-37-10-6-5-9-33(37)39(46)38(44)23-31-22-34(29-13-11-28(12-14-29)27-7-3-2-4-8-27)35-21-30(15-16-36(35)41-31)40(47)43-19-17-42(18-20-43)32-24-48-25-32/h2-16,21-23,32H,17-20,24-25H2,1H3/b38-23-. The van der Waals surface area contributed by atoms with Crippen molar-refractivity contribution in [3.05, 3.63) is 126 Å². The smallest absolute Gasteiger partial charge is 0.253 e. The first kappa shape index (κ1) is 29.9. The van der Waals surface area contributed by atoms with Crippen molar-refractivity contribution in [1.82, 2.24) is 14.8 Å². The maximum atomic E-state index is 13.8. The van der Waals surface area contributed by atoms with Crippen molar-refractivity contribution >= 4 is 40.3 Å². The highest BCUT2D eigenvalue weighted by molar-refractivity contribution is 6.26. The van der Waals surface area contributed by atoms with E-state index in [1.54, 1.807) is 24.3 Å². The van der Waals surface area contributed by atoms with Gasteiger partial charge in [-0.25, -0.2) is 4.98 Å². The number of hydrogen-bond acceptors (Lipinski definition) is 6. The van der Waals surface area contributed by atoms with Crippen LogP contribution in [0, 0.1) is 0 Å². The minimum absolute atomic E-state index is 0.00407. The van der Waals surface area contributed by atoms with Crippen molar-refractivity contribution in [2.24, 2.45) is 0 Å². The molecule has 238 valence electrons. The second-order valence-corrected chi connectivity index (χ2v) is 12.5. The SMILES string of the molecule is CC(=O)N1/C(=C\c2cc(-c3ccc(-c4ccccc4)cc3)c3cc(C(=O)N4CCN(C5COC5)CC4)ccc3n2)C(=O)c2ccccc21. The van der Waals surface area contributed by atoms with Crippen LogP contribution in [0.2, 0.25) is 0 Å². The lowest BCUT2D eigenvalue weighted by molar-refractivity contribution is -0.116. The summed E-state index contributed by atoms with van der Waals surface area (Å²) in [5, 5.41) is 0.838. The molecule has 0 saturated carbocycles. The molecule has 2 amide bonds. The van der Waals surface area contributed by atoms with Gasteiger partial charge < -0.3 is 9.64 Å². The molecule has 0 aliphatic carbocycles. The maximum absolute atomic E-state index is 13.8. The van der Waals surface area contributed by atoms with Crippen LogP contribution in [0.25, 0.3) is 39.2 Å². The number of para-hydroxylation sites is 1. The zero-order valence-corrected chi connectivity index (χ0v) is 26.6. The number of amides is 2. The fourth-order valence-electron chi connectivity index (χ4n) is 6.91. The highest BCUT2D eigenvalue weighted by atomic mass is 16.5. The van der Waals surface area contributed by atoms with Crippen LogP contribution in [0.5, 0.6) is 0 Å². The van der Waals surface area contributed by atoms with Gasteiger partial charge in [-0.05, 0) is 64.7 Å². The zero-order chi connectivity index (χ0) is 32.8. The number of ether oxygens (including phenoxy) is 1. The summed E-state index contributed by atoms with van der Waals surface area (Å²) in [5.41, 5.74) is 7.22. The Morgan fingerprint density at radius 3 is 2.17 bits per heavy atom. The number of Topliss-reactive ketones (excluding diaryl/α,β-unsaturated/α-hetero) is 1. The average Bonchev–Trinajstić information content (AvgIpc) is 3.38. The summed E-state index contributed by atoms with van der Waals surface area (Å²) in [5.74, 6) is -0.464. The summed E-state index contributed by atoms with van der Waals surface area (Å²) in [6.07, 6.45) is 1.69. The molecule has 48 heavy (non-hydrogen) atoms. The Labute approximate surface area is 278 Å². The first-order valence-corrected chi connectivity index (χ1v) is 16.3. The molecule has 3 aliphatic heterocycles. The number of fused-ring (bicyclic) bond motifs is 2. The molecule has 4 heterocycles. The first-order chi connectivity index (χ1) is 23.4. The van der Waals surface area contributed by atoms with Gasteiger partial charge in [0.2, 0.25) is 11.7 Å². The predicted octanol–water partition coefficient (Wildman–Crippen LogP) is 6.32. The molecule has 2 fully saturated rings. The van der Waals surface area contributed by atoms with Crippen LogP contribution in [0.4, 0.5) is 5.69 Å². The lowest BCUT2D eigenvalue weighted by Crippen LogP contribution is -2.57. The van der Waals surface area contributed by atoms with Crippen LogP contribution in [0.1, 0.15) is 33.3 Å². The topological polar surface area (TPSA) is 83.1 Å². The Bertz CT molecular complexity index is 2100. The van der Waals surface area contributed by atoms with E-state index in [1.165, 1.54) is 11.8 Å². The molecule has 5 aromatic rings. The highest BCUT2D eigenvalue weighted by Crippen LogP contribution is 2.37. The summed E-state index contributed by atoms with van der Waals surface area (Å²) in [4.78, 5) is 50.8. The number of hydrogen-bond donors (Lipinski definition) is 0. The number of allylic oxidation sites excluding steroid dienone is 1. The number of benzene rings is 4. The fourth-order valence-corrected chi connectivity index (χ4v) is 6.91. The summed E-state index contributed by atoms with van der Waals surface area (Å²) in [7, 11) is 0. The molecule has 0 spiro atoms. The summed E-state index contributed by atoms with van der Waals surface area (Å²) < 4.78 is 5.36. The van der Waals surface area contributed by atoms with Gasteiger partial charge in [-0.15, -0.1) is 0 Å². The zero-order valence-electron chi connectivity index (χ0n) is 26.6. The largest absolute Gasteiger partial charge is 0.378 e. The van der Waals surface area contributed by atoms with Crippen LogP contribution in [0.15, 0.2) is 109 Å². The number of rotatable bonds is 5. The quantitative estimate of drug-likeness (QED) is 0.211. The van der Waals surface area contributed by atoms with E-state index in [0.717, 1.165) is 53.9 Å². The monoisotopic (exact) mass is 634 g/mol. The molecule has 0 radical (unpaired) electrons. The van der Waals surface area contributed by atoms with Crippen LogP contribution in [-0.4, -0.2) is 77.8 Å². The Morgan fingerprint density at radius 2 is 1.46 bits per heavy atom. The van der Waals surface area contributed by atoms with E-state index in [0.29, 0.717) is 47.2 Å². The second kappa shape index (κ2) is 12.3. The van der Waals surface area contributed by atoms with Crippen LogP contribution in [-0.2, 0) is 9.53 Å². The Kier molecular flexibility index (Phi) is 7.67. The molecule has 0 N–H and O–H groups in total. The average molecular weight is 635 g/mol. The molecule has 8 heteroatoms. The molecular formula is C40H34N4O4.